The van der Waals surface area contributed by atoms with Gasteiger partial charge < -0.3 is 19.9 Å². The van der Waals surface area contributed by atoms with Crippen LogP contribution in [-0.2, 0) is 23.6 Å². The van der Waals surface area contributed by atoms with Crippen LogP contribution in [0, 0.1) is 37.2 Å². The van der Waals surface area contributed by atoms with Crippen molar-refractivity contribution in [2.45, 2.75) is 77.8 Å². The normalized spacial score (nSPS) is 15.3. The molecule has 1 fully saturated rings. The molecule has 1 aliphatic heterocycles. The number of hydrogen-bond acceptors (Lipinski definition) is 4. The zero-order valence-electron chi connectivity index (χ0n) is 27.8. The zero-order valence-corrected chi connectivity index (χ0v) is 27.8. The number of alkyl halides is 6. The quantitative estimate of drug-likeness (QED) is 0.174. The number of aryl methyl sites for hydroxylation is 2. The van der Waals surface area contributed by atoms with Crippen molar-refractivity contribution in [1.29, 1.82) is 0 Å². The number of aliphatic carboxylic acids is 1. The molecular formula is C35H38F9N3O3. The molecule has 3 aromatic rings. The van der Waals surface area contributed by atoms with Gasteiger partial charge in [0.1, 0.15) is 17.5 Å². The number of rotatable bonds is 13. The molecule has 0 radical (unpaired) electrons. The molecule has 0 aliphatic carbocycles. The lowest BCUT2D eigenvalue weighted by molar-refractivity contribution is -0.140. The van der Waals surface area contributed by atoms with Gasteiger partial charge in [-0.2, -0.15) is 26.3 Å². The first-order chi connectivity index (χ1) is 23.2. The van der Waals surface area contributed by atoms with Gasteiger partial charge in [-0.1, -0.05) is 19.9 Å². The third-order valence-electron chi connectivity index (χ3n) is 8.82. The fourth-order valence-corrected chi connectivity index (χ4v) is 6.40. The van der Waals surface area contributed by atoms with Crippen molar-refractivity contribution >= 4 is 5.97 Å². The molecule has 0 saturated carbocycles. The lowest BCUT2D eigenvalue weighted by atomic mass is 9.90. The van der Waals surface area contributed by atoms with Crippen LogP contribution in [0.4, 0.5) is 39.5 Å². The summed E-state index contributed by atoms with van der Waals surface area (Å²) in [7, 11) is 0. The van der Waals surface area contributed by atoms with Crippen LogP contribution in [0.2, 0.25) is 0 Å². The van der Waals surface area contributed by atoms with E-state index in [-0.39, 0.29) is 36.0 Å². The lowest BCUT2D eigenvalue weighted by Crippen LogP contribution is -2.39. The maximum Gasteiger partial charge on any atom is 0.419 e. The van der Waals surface area contributed by atoms with Crippen molar-refractivity contribution in [3.05, 3.63) is 91.6 Å². The van der Waals surface area contributed by atoms with Crippen molar-refractivity contribution in [1.82, 2.24) is 14.8 Å². The summed E-state index contributed by atoms with van der Waals surface area (Å²) < 4.78 is 133. The van der Waals surface area contributed by atoms with Crippen molar-refractivity contribution in [2.24, 2.45) is 5.92 Å². The number of aromatic nitrogens is 1. The summed E-state index contributed by atoms with van der Waals surface area (Å²) in [5, 5.41) is 12.3. The average Bonchev–Trinajstić information content (AvgIpc) is 2.93. The highest BCUT2D eigenvalue weighted by Crippen LogP contribution is 2.42. The first-order valence-corrected chi connectivity index (χ1v) is 16.0. The summed E-state index contributed by atoms with van der Waals surface area (Å²) in [5.74, 6) is -6.68. The first kappa shape index (κ1) is 38.9. The molecule has 2 atom stereocenters. The number of hydrogen-bond donors (Lipinski definition) is 2. The van der Waals surface area contributed by atoms with Gasteiger partial charge in [-0.05, 0) is 80.9 Å². The Labute approximate surface area is 282 Å². The van der Waals surface area contributed by atoms with E-state index in [0.717, 1.165) is 23.3 Å². The number of nitrogens with one attached hydrogen (secondary N) is 1. The monoisotopic (exact) mass is 719 g/mol. The molecule has 1 saturated heterocycles. The molecule has 1 aromatic heterocycles. The van der Waals surface area contributed by atoms with E-state index in [0.29, 0.717) is 31.3 Å². The van der Waals surface area contributed by atoms with Crippen LogP contribution in [0.3, 0.4) is 0 Å². The highest BCUT2D eigenvalue weighted by Gasteiger charge is 2.40. The maximum atomic E-state index is 16.3. The van der Waals surface area contributed by atoms with E-state index in [1.807, 2.05) is 4.90 Å². The molecule has 2 heterocycles. The number of carboxylic acids is 1. The predicted molar refractivity (Wildman–Crippen MR) is 168 cm³/mol. The minimum atomic E-state index is -5.40. The van der Waals surface area contributed by atoms with Crippen LogP contribution in [0.1, 0.15) is 78.6 Å². The number of halogens is 9. The van der Waals surface area contributed by atoms with Crippen LogP contribution in [0.5, 0.6) is 0 Å². The Morgan fingerprint density at radius 3 is 2.10 bits per heavy atom. The van der Waals surface area contributed by atoms with Gasteiger partial charge in [-0.3, -0.25) is 9.59 Å². The molecule has 0 amide bonds. The number of carbonyl (C=O) groups is 1. The number of nitrogens with zero attached hydrogens (tertiary/aromatic N) is 2. The van der Waals surface area contributed by atoms with E-state index in [1.165, 1.54) is 19.9 Å². The Morgan fingerprint density at radius 1 is 0.940 bits per heavy atom. The van der Waals surface area contributed by atoms with E-state index in [1.54, 1.807) is 13.8 Å². The second-order valence-electron chi connectivity index (χ2n) is 13.2. The smallest absolute Gasteiger partial charge is 0.419 e. The van der Waals surface area contributed by atoms with Crippen LogP contribution in [0.25, 0.3) is 11.1 Å². The van der Waals surface area contributed by atoms with Gasteiger partial charge in [0.25, 0.3) is 5.56 Å². The van der Waals surface area contributed by atoms with E-state index in [9.17, 15) is 41.0 Å². The number of benzene rings is 2. The molecule has 0 bridgehead atoms. The van der Waals surface area contributed by atoms with Crippen LogP contribution >= 0.6 is 0 Å². The second-order valence-corrected chi connectivity index (χ2v) is 13.2. The van der Waals surface area contributed by atoms with E-state index < -0.39 is 94.2 Å². The topological polar surface area (TPSA) is 74.6 Å². The van der Waals surface area contributed by atoms with Gasteiger partial charge in [-0.15, -0.1) is 0 Å². The molecule has 0 spiro atoms. The second kappa shape index (κ2) is 15.2. The van der Waals surface area contributed by atoms with Gasteiger partial charge in [0.05, 0.1) is 17.5 Å². The minimum Gasteiger partial charge on any atom is -0.481 e. The molecule has 6 nitrogen and oxygen atoms in total. The summed E-state index contributed by atoms with van der Waals surface area (Å²) in [4.78, 5) is 27.0. The fraction of sp³-hybridized carbons (Fsp3) is 0.486. The first-order valence-electron chi connectivity index (χ1n) is 16.0. The summed E-state index contributed by atoms with van der Waals surface area (Å²) in [5.41, 5.74) is -6.69. The number of likely N-dealkylation sites (tertiary alicyclic amines) is 1. The van der Waals surface area contributed by atoms with Gasteiger partial charge in [0.15, 0.2) is 0 Å². The fourth-order valence-electron chi connectivity index (χ4n) is 6.40. The van der Waals surface area contributed by atoms with Crippen molar-refractivity contribution in [3.63, 3.8) is 0 Å². The largest absolute Gasteiger partial charge is 0.481 e. The lowest BCUT2D eigenvalue weighted by Gasteiger charge is -2.31. The van der Waals surface area contributed by atoms with E-state index >= 15 is 13.2 Å². The van der Waals surface area contributed by atoms with Gasteiger partial charge >= 0.3 is 18.3 Å². The molecule has 2 N–H and O–H groups in total. The van der Waals surface area contributed by atoms with Gasteiger partial charge in [0, 0.05) is 54.1 Å². The van der Waals surface area contributed by atoms with Crippen LogP contribution < -0.4 is 10.9 Å². The molecule has 50 heavy (non-hydrogen) atoms. The summed E-state index contributed by atoms with van der Waals surface area (Å²) in [6, 6.07) is -0.0502. The highest BCUT2D eigenvalue weighted by molar-refractivity contribution is 5.72. The highest BCUT2D eigenvalue weighted by atomic mass is 19.4. The van der Waals surface area contributed by atoms with Crippen molar-refractivity contribution < 1.29 is 49.4 Å². The Bertz CT molecular complexity index is 1760. The third-order valence-corrected chi connectivity index (χ3v) is 8.82. The molecule has 1 unspecified atom stereocenters. The number of carboxylic acid groups (broad SMARTS) is 1. The molecule has 2 aromatic carbocycles. The molecular weight excluding hydrogens is 681 g/mol. The number of pyridine rings is 1. The van der Waals surface area contributed by atoms with Crippen molar-refractivity contribution in [3.8, 4) is 11.1 Å². The average molecular weight is 720 g/mol. The summed E-state index contributed by atoms with van der Waals surface area (Å²) in [6.07, 6.45) is -9.34. The Kier molecular flexibility index (Phi) is 11.8. The van der Waals surface area contributed by atoms with Crippen molar-refractivity contribution in [2.75, 3.05) is 26.2 Å². The van der Waals surface area contributed by atoms with Gasteiger partial charge in [-0.25, -0.2) is 13.2 Å². The van der Waals surface area contributed by atoms with Gasteiger partial charge in [0.2, 0.25) is 0 Å². The van der Waals surface area contributed by atoms with Crippen LogP contribution in [0.15, 0.2) is 35.3 Å². The van der Waals surface area contributed by atoms with Crippen LogP contribution in [-0.4, -0.2) is 46.7 Å². The molecule has 274 valence electrons. The maximum absolute atomic E-state index is 16.3. The minimum absolute atomic E-state index is 0.0402. The van der Waals surface area contributed by atoms with E-state index in [2.05, 4.69) is 5.32 Å². The van der Waals surface area contributed by atoms with E-state index in [4.69, 9.17) is 0 Å². The standard InChI is InChI=1S/C35H38F9N3O3/c1-18(2)10-22(47-17-21(6-9-46-7-5-8-46)24(14-28(47)48)34(39,40)41)16-45-27(15-29(49)50)31-32(37)23(13-25(33(31)38)35(42,43)44)30-20(4)11-19(3)12-26(30)36/h11-14,17-18,22,27,45H,5-10,15-16H2,1-4H3,(H,49,50)/t22?,27-/m0/s1. The predicted octanol–water partition coefficient (Wildman–Crippen LogP) is 8.23. The Hall–Kier alpha value is -3.85. The summed E-state index contributed by atoms with van der Waals surface area (Å²) in [6.45, 7) is 7.55. The Morgan fingerprint density at radius 2 is 1.58 bits per heavy atom. The molecule has 4 rings (SSSR count). The Balaban J connectivity index is 1.83. The molecule has 1 aliphatic rings. The third kappa shape index (κ3) is 8.89. The molecule has 15 heteroatoms. The SMILES string of the molecule is Cc1cc(C)c(-c2cc(C(F)(F)F)c(F)c([C@H](CC(=O)O)NCC(CC(C)C)n3cc(CCN4CCC4)c(C(F)(F)F)cc3=O)c2F)c(F)c1. The zero-order chi connectivity index (χ0) is 37.3. The summed E-state index contributed by atoms with van der Waals surface area (Å²) >= 11 is 0.